The molecule has 0 fully saturated rings. The standard InChI is InChI=1S/C17H20N6O2/c1-3-19-17-21-15-10-13(12-5-4-6-18-11-12)9-14(23(15)22-17)16(24)20-7-8-25-2/h4-6,9-11H,3,7-8H2,1-2H3,(H,19,22)(H,20,24). The first-order valence-corrected chi connectivity index (χ1v) is 8.05. The average Bonchev–Trinajstić information content (AvgIpc) is 3.04. The zero-order chi connectivity index (χ0) is 17.6. The first kappa shape index (κ1) is 16.8. The van der Waals surface area contributed by atoms with Crippen LogP contribution in [0.15, 0.2) is 36.7 Å². The molecular formula is C17H20N6O2. The number of hydrogen-bond donors (Lipinski definition) is 2. The van der Waals surface area contributed by atoms with Gasteiger partial charge in [0.2, 0.25) is 5.95 Å². The number of aromatic nitrogens is 4. The molecule has 0 radical (unpaired) electrons. The third-order valence-electron chi connectivity index (χ3n) is 3.59. The molecule has 8 heteroatoms. The van der Waals surface area contributed by atoms with E-state index in [9.17, 15) is 4.79 Å². The van der Waals surface area contributed by atoms with Crippen LogP contribution >= 0.6 is 0 Å². The number of nitrogens with one attached hydrogen (secondary N) is 2. The molecule has 3 rings (SSSR count). The lowest BCUT2D eigenvalue weighted by molar-refractivity contribution is 0.0929. The largest absolute Gasteiger partial charge is 0.383 e. The third kappa shape index (κ3) is 3.74. The summed E-state index contributed by atoms with van der Waals surface area (Å²) in [6, 6.07) is 7.46. The van der Waals surface area contributed by atoms with Crippen molar-refractivity contribution in [2.45, 2.75) is 6.92 Å². The number of carbonyl (C=O) groups is 1. The van der Waals surface area contributed by atoms with E-state index in [1.807, 2.05) is 25.1 Å². The van der Waals surface area contributed by atoms with E-state index in [0.29, 0.717) is 37.0 Å². The predicted octanol–water partition coefficient (Wildman–Crippen LogP) is 1.60. The van der Waals surface area contributed by atoms with Crippen molar-refractivity contribution in [1.82, 2.24) is 24.9 Å². The van der Waals surface area contributed by atoms with Gasteiger partial charge in [-0.05, 0) is 30.7 Å². The molecule has 1 amide bonds. The lowest BCUT2D eigenvalue weighted by Crippen LogP contribution is -2.28. The van der Waals surface area contributed by atoms with Gasteiger partial charge in [0.1, 0.15) is 5.69 Å². The van der Waals surface area contributed by atoms with Crippen LogP contribution in [-0.4, -0.2) is 52.3 Å². The lowest BCUT2D eigenvalue weighted by Gasteiger charge is -2.08. The topological polar surface area (TPSA) is 93.4 Å². The molecule has 0 aliphatic carbocycles. The number of anilines is 1. The van der Waals surface area contributed by atoms with Gasteiger partial charge < -0.3 is 15.4 Å². The van der Waals surface area contributed by atoms with Gasteiger partial charge in [0.25, 0.3) is 5.91 Å². The zero-order valence-electron chi connectivity index (χ0n) is 14.2. The first-order valence-electron chi connectivity index (χ1n) is 8.05. The summed E-state index contributed by atoms with van der Waals surface area (Å²) in [6.45, 7) is 3.52. The Bertz CT molecular complexity index is 862. The maximum absolute atomic E-state index is 12.6. The quantitative estimate of drug-likeness (QED) is 0.635. The average molecular weight is 340 g/mol. The number of rotatable bonds is 7. The van der Waals surface area contributed by atoms with Crippen molar-refractivity contribution in [3.8, 4) is 11.1 Å². The van der Waals surface area contributed by atoms with Crippen molar-refractivity contribution in [3.63, 3.8) is 0 Å². The molecule has 0 atom stereocenters. The fraction of sp³-hybridized carbons (Fsp3) is 0.294. The van der Waals surface area contributed by atoms with Crippen molar-refractivity contribution >= 4 is 17.5 Å². The van der Waals surface area contributed by atoms with Crippen molar-refractivity contribution in [1.29, 1.82) is 0 Å². The van der Waals surface area contributed by atoms with Crippen LogP contribution in [0, 0.1) is 0 Å². The molecule has 3 aromatic heterocycles. The number of fused-ring (bicyclic) bond motifs is 1. The highest BCUT2D eigenvalue weighted by Gasteiger charge is 2.16. The molecule has 0 aromatic carbocycles. The highest BCUT2D eigenvalue weighted by atomic mass is 16.5. The summed E-state index contributed by atoms with van der Waals surface area (Å²) in [7, 11) is 1.59. The Balaban J connectivity index is 2.06. The van der Waals surface area contributed by atoms with Crippen LogP contribution in [0.1, 0.15) is 17.4 Å². The number of hydrogen-bond acceptors (Lipinski definition) is 6. The Labute approximate surface area is 145 Å². The molecule has 25 heavy (non-hydrogen) atoms. The van der Waals surface area contributed by atoms with Crippen LogP contribution < -0.4 is 10.6 Å². The molecule has 0 spiro atoms. The van der Waals surface area contributed by atoms with Crippen LogP contribution in [0.25, 0.3) is 16.8 Å². The minimum absolute atomic E-state index is 0.235. The van der Waals surface area contributed by atoms with Gasteiger partial charge in [-0.2, -0.15) is 4.98 Å². The van der Waals surface area contributed by atoms with Gasteiger partial charge in [0, 0.05) is 38.2 Å². The summed E-state index contributed by atoms with van der Waals surface area (Å²) in [6.07, 6.45) is 3.46. The van der Waals surface area contributed by atoms with E-state index < -0.39 is 0 Å². The zero-order valence-corrected chi connectivity index (χ0v) is 14.2. The summed E-state index contributed by atoms with van der Waals surface area (Å²) in [4.78, 5) is 21.2. The molecule has 0 aliphatic heterocycles. The first-order chi connectivity index (χ1) is 12.2. The molecule has 8 nitrogen and oxygen atoms in total. The molecule has 0 saturated heterocycles. The highest BCUT2D eigenvalue weighted by molar-refractivity contribution is 5.94. The second-order valence-electron chi connectivity index (χ2n) is 5.36. The summed E-state index contributed by atoms with van der Waals surface area (Å²) < 4.78 is 6.52. The van der Waals surface area contributed by atoms with Crippen LogP contribution in [0.5, 0.6) is 0 Å². The van der Waals surface area contributed by atoms with Gasteiger partial charge in [-0.25, -0.2) is 4.52 Å². The smallest absolute Gasteiger partial charge is 0.270 e. The lowest BCUT2D eigenvalue weighted by atomic mass is 10.1. The van der Waals surface area contributed by atoms with Gasteiger partial charge in [-0.3, -0.25) is 9.78 Å². The summed E-state index contributed by atoms with van der Waals surface area (Å²) in [5.74, 6) is 0.248. The fourth-order valence-electron chi connectivity index (χ4n) is 2.44. The van der Waals surface area contributed by atoms with Gasteiger partial charge in [0.15, 0.2) is 5.65 Å². The second-order valence-corrected chi connectivity index (χ2v) is 5.36. The molecule has 2 N–H and O–H groups in total. The molecule has 0 unspecified atom stereocenters. The van der Waals surface area contributed by atoms with Crippen molar-refractivity contribution in [2.24, 2.45) is 0 Å². The van der Waals surface area contributed by atoms with Gasteiger partial charge in [0.05, 0.1) is 6.61 Å². The van der Waals surface area contributed by atoms with E-state index >= 15 is 0 Å². The number of pyridine rings is 2. The van der Waals surface area contributed by atoms with E-state index in [4.69, 9.17) is 4.74 Å². The van der Waals surface area contributed by atoms with Gasteiger partial charge in [-0.15, -0.1) is 5.10 Å². The third-order valence-corrected chi connectivity index (χ3v) is 3.59. The Hall–Kier alpha value is -3.00. The minimum atomic E-state index is -0.235. The van der Waals surface area contributed by atoms with Crippen molar-refractivity contribution in [2.75, 3.05) is 32.1 Å². The van der Waals surface area contributed by atoms with Crippen molar-refractivity contribution in [3.05, 3.63) is 42.4 Å². The molecular weight excluding hydrogens is 320 g/mol. The summed E-state index contributed by atoms with van der Waals surface area (Å²) in [5.41, 5.74) is 2.76. The monoisotopic (exact) mass is 340 g/mol. The van der Waals surface area contributed by atoms with E-state index in [1.165, 1.54) is 0 Å². The number of nitrogens with zero attached hydrogens (tertiary/aromatic N) is 4. The Morgan fingerprint density at radius 2 is 2.20 bits per heavy atom. The predicted molar refractivity (Wildman–Crippen MR) is 94.6 cm³/mol. The molecule has 0 bridgehead atoms. The number of methoxy groups -OCH3 is 1. The van der Waals surface area contributed by atoms with Crippen molar-refractivity contribution < 1.29 is 9.53 Å². The minimum Gasteiger partial charge on any atom is -0.383 e. The molecule has 0 aliphatic rings. The number of ether oxygens (including phenoxy) is 1. The van der Waals surface area contributed by atoms with Crippen LogP contribution in [0.3, 0.4) is 0 Å². The summed E-state index contributed by atoms with van der Waals surface area (Å²) in [5, 5.41) is 10.3. The van der Waals surface area contributed by atoms with E-state index in [0.717, 1.165) is 11.1 Å². The number of carbonyl (C=O) groups excluding carboxylic acids is 1. The van der Waals surface area contributed by atoms with Crippen LogP contribution in [0.4, 0.5) is 5.95 Å². The second kappa shape index (κ2) is 7.71. The molecule has 3 aromatic rings. The molecule has 3 heterocycles. The Kier molecular flexibility index (Phi) is 5.20. The van der Waals surface area contributed by atoms with Crippen LogP contribution in [-0.2, 0) is 4.74 Å². The Morgan fingerprint density at radius 3 is 2.92 bits per heavy atom. The van der Waals surface area contributed by atoms with E-state index in [1.54, 1.807) is 30.1 Å². The molecule has 130 valence electrons. The number of amides is 1. The Morgan fingerprint density at radius 1 is 1.32 bits per heavy atom. The highest BCUT2D eigenvalue weighted by Crippen LogP contribution is 2.22. The normalized spacial score (nSPS) is 10.8. The molecule has 0 saturated carbocycles. The van der Waals surface area contributed by atoms with E-state index in [2.05, 4.69) is 25.7 Å². The van der Waals surface area contributed by atoms with Crippen LogP contribution in [0.2, 0.25) is 0 Å². The van der Waals surface area contributed by atoms with Gasteiger partial charge in [-0.1, -0.05) is 6.07 Å². The maximum atomic E-state index is 12.6. The fourth-order valence-corrected chi connectivity index (χ4v) is 2.44. The maximum Gasteiger partial charge on any atom is 0.270 e. The SMILES string of the molecule is CCNc1nc2cc(-c3cccnc3)cc(C(=O)NCCOC)n2n1. The van der Waals surface area contributed by atoms with E-state index in [-0.39, 0.29) is 5.91 Å². The summed E-state index contributed by atoms with van der Waals surface area (Å²) >= 11 is 0. The van der Waals surface area contributed by atoms with Gasteiger partial charge >= 0.3 is 0 Å².